The van der Waals surface area contributed by atoms with Crippen molar-refractivity contribution in [3.05, 3.63) is 59.4 Å². The fraction of sp³-hybridized carbons (Fsp3) is 0.231. The molecule has 1 aromatic carbocycles. The average molecular weight is 232 g/mol. The van der Waals surface area contributed by atoms with Crippen LogP contribution < -0.4 is 0 Å². The summed E-state index contributed by atoms with van der Waals surface area (Å²) in [5.41, 5.74) is 1.39. The lowest BCUT2D eigenvalue weighted by molar-refractivity contribution is 0.167. The van der Waals surface area contributed by atoms with Crippen LogP contribution >= 0.6 is 0 Å². The maximum atomic E-state index is 13.4. The van der Waals surface area contributed by atoms with E-state index in [1.54, 1.807) is 30.6 Å². The third-order valence-electron chi connectivity index (χ3n) is 2.47. The number of halogens is 1. The van der Waals surface area contributed by atoms with Crippen LogP contribution in [0.4, 0.5) is 4.39 Å². The molecule has 1 aromatic heterocycles. The van der Waals surface area contributed by atoms with E-state index in [2.05, 4.69) is 9.97 Å². The van der Waals surface area contributed by atoms with Crippen LogP contribution in [0.25, 0.3) is 0 Å². The number of aliphatic hydroxyl groups is 1. The first kappa shape index (κ1) is 11.7. The summed E-state index contributed by atoms with van der Waals surface area (Å²) in [5, 5.41) is 9.90. The topological polar surface area (TPSA) is 46.0 Å². The first-order valence-corrected chi connectivity index (χ1v) is 5.37. The summed E-state index contributed by atoms with van der Waals surface area (Å²) in [5.74, 6) is -0.00230. The Morgan fingerprint density at radius 2 is 1.88 bits per heavy atom. The fourth-order valence-electron chi connectivity index (χ4n) is 1.54. The molecule has 4 heteroatoms. The monoisotopic (exact) mass is 232 g/mol. The lowest BCUT2D eigenvalue weighted by atomic mass is 10.1. The second-order valence-electron chi connectivity index (χ2n) is 3.93. The van der Waals surface area contributed by atoms with Crippen molar-refractivity contribution in [2.24, 2.45) is 0 Å². The number of hydrogen-bond acceptors (Lipinski definition) is 3. The largest absolute Gasteiger partial charge is 0.385 e. The highest BCUT2D eigenvalue weighted by atomic mass is 19.1. The third-order valence-corrected chi connectivity index (χ3v) is 2.47. The van der Waals surface area contributed by atoms with Gasteiger partial charge >= 0.3 is 0 Å². The fourth-order valence-corrected chi connectivity index (χ4v) is 1.54. The Bertz CT molecular complexity index is 499. The van der Waals surface area contributed by atoms with Crippen molar-refractivity contribution in [2.45, 2.75) is 19.4 Å². The number of rotatable bonds is 3. The van der Waals surface area contributed by atoms with E-state index in [-0.39, 0.29) is 12.2 Å². The van der Waals surface area contributed by atoms with E-state index in [1.807, 2.05) is 6.92 Å². The van der Waals surface area contributed by atoms with Crippen LogP contribution in [0.15, 0.2) is 36.7 Å². The number of benzene rings is 1. The molecule has 1 unspecified atom stereocenters. The molecule has 0 saturated heterocycles. The molecular weight excluding hydrogens is 219 g/mol. The molecule has 2 rings (SSSR count). The average Bonchev–Trinajstić information content (AvgIpc) is 2.33. The molecular formula is C13H13FN2O. The smallest absolute Gasteiger partial charge is 0.157 e. The van der Waals surface area contributed by atoms with E-state index >= 15 is 0 Å². The van der Waals surface area contributed by atoms with Crippen LogP contribution in [0.2, 0.25) is 0 Å². The molecule has 0 spiro atoms. The minimum absolute atomic E-state index is 0.176. The van der Waals surface area contributed by atoms with E-state index in [4.69, 9.17) is 0 Å². The second kappa shape index (κ2) is 5.01. The van der Waals surface area contributed by atoms with Crippen LogP contribution in [0.5, 0.6) is 0 Å². The molecule has 0 aliphatic heterocycles. The predicted molar refractivity (Wildman–Crippen MR) is 61.8 cm³/mol. The van der Waals surface area contributed by atoms with Crippen LogP contribution in [0.1, 0.15) is 23.1 Å². The Morgan fingerprint density at radius 1 is 1.24 bits per heavy atom. The number of hydrogen-bond donors (Lipinski definition) is 1. The van der Waals surface area contributed by atoms with E-state index in [0.29, 0.717) is 11.4 Å². The Balaban J connectivity index is 2.14. The van der Waals surface area contributed by atoms with Gasteiger partial charge in [-0.15, -0.1) is 0 Å². The van der Waals surface area contributed by atoms with E-state index in [9.17, 15) is 9.50 Å². The van der Waals surface area contributed by atoms with Gasteiger partial charge in [0.1, 0.15) is 11.9 Å². The molecule has 2 aromatic rings. The van der Waals surface area contributed by atoms with Gasteiger partial charge in [-0.2, -0.15) is 0 Å². The molecule has 0 radical (unpaired) electrons. The van der Waals surface area contributed by atoms with Gasteiger partial charge in [0.05, 0.1) is 0 Å². The van der Waals surface area contributed by atoms with Gasteiger partial charge in [-0.05, 0) is 24.1 Å². The highest BCUT2D eigenvalue weighted by Crippen LogP contribution is 2.16. The zero-order valence-corrected chi connectivity index (χ0v) is 9.47. The summed E-state index contributed by atoms with van der Waals surface area (Å²) in [6, 6.07) is 6.37. The number of aromatic nitrogens is 2. The quantitative estimate of drug-likeness (QED) is 0.882. The molecule has 0 aliphatic rings. The highest BCUT2D eigenvalue weighted by molar-refractivity contribution is 5.19. The third kappa shape index (κ3) is 2.85. The van der Waals surface area contributed by atoms with Crippen molar-refractivity contribution in [2.75, 3.05) is 0 Å². The van der Waals surface area contributed by atoms with E-state index in [0.717, 1.165) is 5.56 Å². The summed E-state index contributed by atoms with van der Waals surface area (Å²) in [6.07, 6.45) is 2.56. The predicted octanol–water partition coefficient (Wildman–Crippen LogP) is 2.20. The van der Waals surface area contributed by atoms with Gasteiger partial charge < -0.3 is 5.11 Å². The SMILES string of the molecule is Cc1cnc(C(O)Cc2ccccc2F)nc1. The molecule has 0 saturated carbocycles. The minimum Gasteiger partial charge on any atom is -0.385 e. The molecule has 88 valence electrons. The zero-order chi connectivity index (χ0) is 12.3. The lowest BCUT2D eigenvalue weighted by Gasteiger charge is -2.09. The lowest BCUT2D eigenvalue weighted by Crippen LogP contribution is -2.07. The molecule has 0 aliphatic carbocycles. The maximum absolute atomic E-state index is 13.4. The summed E-state index contributed by atoms with van der Waals surface area (Å²) >= 11 is 0. The van der Waals surface area contributed by atoms with Crippen LogP contribution in [0, 0.1) is 12.7 Å². The van der Waals surface area contributed by atoms with Crippen LogP contribution in [-0.2, 0) is 6.42 Å². The standard InChI is InChI=1S/C13H13FN2O/c1-9-7-15-13(16-8-9)12(17)6-10-4-2-3-5-11(10)14/h2-5,7-8,12,17H,6H2,1H3. The number of nitrogens with zero attached hydrogens (tertiary/aromatic N) is 2. The van der Waals surface area contributed by atoms with Crippen molar-refractivity contribution in [1.82, 2.24) is 9.97 Å². The minimum atomic E-state index is -0.882. The van der Waals surface area contributed by atoms with Gasteiger partial charge in [0.2, 0.25) is 0 Å². The Labute approximate surface area is 99.0 Å². The highest BCUT2D eigenvalue weighted by Gasteiger charge is 2.13. The van der Waals surface area contributed by atoms with Crippen molar-refractivity contribution in [1.29, 1.82) is 0 Å². The molecule has 0 amide bonds. The molecule has 1 N–H and O–H groups in total. The Morgan fingerprint density at radius 3 is 2.53 bits per heavy atom. The van der Waals surface area contributed by atoms with Crippen molar-refractivity contribution in [3.63, 3.8) is 0 Å². The van der Waals surface area contributed by atoms with Crippen molar-refractivity contribution >= 4 is 0 Å². The van der Waals surface area contributed by atoms with E-state index < -0.39 is 6.10 Å². The summed E-state index contributed by atoms with van der Waals surface area (Å²) < 4.78 is 13.4. The van der Waals surface area contributed by atoms with Gasteiger partial charge in [0.15, 0.2) is 5.82 Å². The zero-order valence-electron chi connectivity index (χ0n) is 9.47. The van der Waals surface area contributed by atoms with Crippen molar-refractivity contribution in [3.8, 4) is 0 Å². The Kier molecular flexibility index (Phi) is 3.44. The molecule has 0 bridgehead atoms. The van der Waals surface area contributed by atoms with Gasteiger partial charge in [-0.3, -0.25) is 0 Å². The normalized spacial score (nSPS) is 12.4. The molecule has 17 heavy (non-hydrogen) atoms. The van der Waals surface area contributed by atoms with Gasteiger partial charge in [-0.25, -0.2) is 14.4 Å². The molecule has 1 atom stereocenters. The summed E-state index contributed by atoms with van der Waals surface area (Å²) in [6.45, 7) is 1.87. The molecule has 0 fully saturated rings. The van der Waals surface area contributed by atoms with Crippen LogP contribution in [-0.4, -0.2) is 15.1 Å². The second-order valence-corrected chi connectivity index (χ2v) is 3.93. The van der Waals surface area contributed by atoms with Crippen molar-refractivity contribution < 1.29 is 9.50 Å². The van der Waals surface area contributed by atoms with E-state index in [1.165, 1.54) is 6.07 Å². The summed E-state index contributed by atoms with van der Waals surface area (Å²) in [7, 11) is 0. The maximum Gasteiger partial charge on any atom is 0.157 e. The Hall–Kier alpha value is -1.81. The van der Waals surface area contributed by atoms with Crippen LogP contribution in [0.3, 0.4) is 0 Å². The molecule has 1 heterocycles. The first-order chi connectivity index (χ1) is 8.16. The van der Waals surface area contributed by atoms with Gasteiger partial charge in [-0.1, -0.05) is 18.2 Å². The first-order valence-electron chi connectivity index (χ1n) is 5.37. The van der Waals surface area contributed by atoms with Gasteiger partial charge in [0, 0.05) is 18.8 Å². The van der Waals surface area contributed by atoms with Gasteiger partial charge in [0.25, 0.3) is 0 Å². The summed E-state index contributed by atoms with van der Waals surface area (Å²) in [4.78, 5) is 8.04. The molecule has 3 nitrogen and oxygen atoms in total. The number of aliphatic hydroxyl groups excluding tert-OH is 1. The number of aryl methyl sites for hydroxylation is 1.